The van der Waals surface area contributed by atoms with Crippen molar-refractivity contribution in [1.82, 2.24) is 5.32 Å². The fourth-order valence-corrected chi connectivity index (χ4v) is 1.76. The molecule has 0 fully saturated rings. The van der Waals surface area contributed by atoms with Crippen LogP contribution in [0.2, 0.25) is 0 Å². The normalized spacial score (nSPS) is 11.6. The molecule has 1 aromatic carbocycles. The van der Waals surface area contributed by atoms with Crippen LogP contribution in [0.3, 0.4) is 0 Å². The molecular formula is C11H10FIN2O5. The Morgan fingerprint density at radius 2 is 2.20 bits per heavy atom. The van der Waals surface area contributed by atoms with E-state index in [1.165, 1.54) is 7.11 Å². The number of non-ortho nitro benzene ring substituents is 1. The summed E-state index contributed by atoms with van der Waals surface area (Å²) in [6.45, 7) is -0.0392. The van der Waals surface area contributed by atoms with Gasteiger partial charge in [0.25, 0.3) is 11.6 Å². The molecule has 1 amide bonds. The van der Waals surface area contributed by atoms with Crippen LogP contribution in [0.4, 0.5) is 10.1 Å². The van der Waals surface area contributed by atoms with Crippen molar-refractivity contribution in [3.63, 3.8) is 0 Å². The fourth-order valence-electron chi connectivity index (χ4n) is 1.29. The van der Waals surface area contributed by atoms with E-state index in [4.69, 9.17) is 0 Å². The summed E-state index contributed by atoms with van der Waals surface area (Å²) in [4.78, 5) is 32.5. The molecule has 1 aromatic rings. The minimum atomic E-state index is -1.00. The molecule has 1 atom stereocenters. The van der Waals surface area contributed by atoms with Gasteiger partial charge in [-0.1, -0.05) is 22.6 Å². The average Bonchev–Trinajstić information content (AvgIpc) is 2.43. The number of amides is 1. The van der Waals surface area contributed by atoms with Gasteiger partial charge in [0.2, 0.25) is 0 Å². The molecule has 1 unspecified atom stereocenters. The van der Waals surface area contributed by atoms with E-state index in [9.17, 15) is 24.1 Å². The lowest BCUT2D eigenvalue weighted by atomic mass is 10.2. The first-order valence-corrected chi connectivity index (χ1v) is 6.55. The standard InChI is InChI=1S/C11H10FIN2O5/c1-20-11(17)9(13)5-14-10(16)7-3-2-6(15(18)19)4-8(7)12/h2-4,9H,5H2,1H3,(H,14,16). The molecule has 0 aliphatic heterocycles. The lowest BCUT2D eigenvalue weighted by Crippen LogP contribution is -2.34. The number of esters is 1. The third-order valence-electron chi connectivity index (χ3n) is 2.31. The van der Waals surface area contributed by atoms with E-state index in [2.05, 4.69) is 10.1 Å². The lowest BCUT2D eigenvalue weighted by Gasteiger charge is -2.09. The van der Waals surface area contributed by atoms with Crippen molar-refractivity contribution in [2.45, 2.75) is 3.92 Å². The van der Waals surface area contributed by atoms with E-state index in [1.807, 2.05) is 0 Å². The third kappa shape index (κ3) is 4.11. The van der Waals surface area contributed by atoms with Crippen molar-refractivity contribution in [3.8, 4) is 0 Å². The number of carbonyl (C=O) groups is 2. The molecule has 108 valence electrons. The maximum absolute atomic E-state index is 13.6. The third-order valence-corrected chi connectivity index (χ3v) is 3.26. The van der Waals surface area contributed by atoms with Crippen LogP contribution in [0.5, 0.6) is 0 Å². The van der Waals surface area contributed by atoms with Crippen molar-refractivity contribution < 1.29 is 23.6 Å². The molecule has 1 rings (SSSR count). The Bertz CT molecular complexity index is 552. The Morgan fingerprint density at radius 3 is 2.70 bits per heavy atom. The minimum Gasteiger partial charge on any atom is -0.468 e. The van der Waals surface area contributed by atoms with Crippen LogP contribution in [-0.4, -0.2) is 34.4 Å². The van der Waals surface area contributed by atoms with Gasteiger partial charge in [0.1, 0.15) is 9.74 Å². The Hall–Kier alpha value is -1.78. The van der Waals surface area contributed by atoms with Crippen molar-refractivity contribution in [3.05, 3.63) is 39.7 Å². The van der Waals surface area contributed by atoms with E-state index in [-0.39, 0.29) is 12.1 Å². The van der Waals surface area contributed by atoms with E-state index in [0.29, 0.717) is 6.07 Å². The molecule has 0 radical (unpaired) electrons. The number of benzene rings is 1. The number of halogens is 2. The second kappa shape index (κ2) is 7.12. The number of hydrogen-bond donors (Lipinski definition) is 1. The summed E-state index contributed by atoms with van der Waals surface area (Å²) in [7, 11) is 1.21. The van der Waals surface area contributed by atoms with Crippen molar-refractivity contribution in [1.29, 1.82) is 0 Å². The molecular weight excluding hydrogens is 386 g/mol. The van der Waals surface area contributed by atoms with Crippen LogP contribution in [0, 0.1) is 15.9 Å². The summed E-state index contributed by atoms with van der Waals surface area (Å²) >= 11 is 1.77. The van der Waals surface area contributed by atoms with Gasteiger partial charge in [0.15, 0.2) is 0 Å². The molecule has 7 nitrogen and oxygen atoms in total. The van der Waals surface area contributed by atoms with Gasteiger partial charge >= 0.3 is 5.97 Å². The number of alkyl halides is 1. The quantitative estimate of drug-likeness (QED) is 0.267. The summed E-state index contributed by atoms with van der Waals surface area (Å²) in [5, 5.41) is 12.8. The van der Waals surface area contributed by atoms with Crippen LogP contribution >= 0.6 is 22.6 Å². The molecule has 0 aliphatic carbocycles. The molecule has 0 aromatic heterocycles. The maximum atomic E-state index is 13.6. The number of nitrogens with one attached hydrogen (secondary N) is 1. The molecule has 20 heavy (non-hydrogen) atoms. The minimum absolute atomic E-state index is 0.0392. The molecule has 0 aliphatic rings. The van der Waals surface area contributed by atoms with Crippen LogP contribution in [0.25, 0.3) is 0 Å². The Labute approximate surface area is 126 Å². The van der Waals surface area contributed by atoms with Gasteiger partial charge in [-0.15, -0.1) is 0 Å². The van der Waals surface area contributed by atoms with Gasteiger partial charge in [-0.2, -0.15) is 0 Å². The summed E-state index contributed by atoms with van der Waals surface area (Å²) in [6, 6.07) is 2.71. The Morgan fingerprint density at radius 1 is 1.55 bits per heavy atom. The second-order valence-corrected chi connectivity index (χ2v) is 5.13. The Kier molecular flexibility index (Phi) is 5.80. The highest BCUT2D eigenvalue weighted by atomic mass is 127. The van der Waals surface area contributed by atoms with Crippen molar-refractivity contribution in [2.75, 3.05) is 13.7 Å². The number of hydrogen-bond acceptors (Lipinski definition) is 5. The summed E-state index contributed by atoms with van der Waals surface area (Å²) in [5.41, 5.74) is -0.774. The van der Waals surface area contributed by atoms with Gasteiger partial charge in [0, 0.05) is 12.6 Å². The number of nitro groups is 1. The first-order valence-electron chi connectivity index (χ1n) is 5.31. The van der Waals surface area contributed by atoms with E-state index in [0.717, 1.165) is 12.1 Å². The van der Waals surface area contributed by atoms with Crippen LogP contribution in [0.15, 0.2) is 18.2 Å². The second-order valence-electron chi connectivity index (χ2n) is 3.62. The molecule has 0 saturated carbocycles. The van der Waals surface area contributed by atoms with E-state index >= 15 is 0 Å². The first kappa shape index (κ1) is 16.3. The van der Waals surface area contributed by atoms with Crippen LogP contribution in [0.1, 0.15) is 10.4 Å². The SMILES string of the molecule is COC(=O)C(I)CNC(=O)c1ccc([N+](=O)[O-])cc1F. The molecule has 1 N–H and O–H groups in total. The zero-order valence-corrected chi connectivity index (χ0v) is 12.4. The topological polar surface area (TPSA) is 98.5 Å². The summed E-state index contributed by atoms with van der Waals surface area (Å²) in [6.07, 6.45) is 0. The number of carbonyl (C=O) groups excluding carboxylic acids is 2. The predicted octanol–water partition coefficient (Wildman–Crippen LogP) is 1.44. The summed E-state index contributed by atoms with van der Waals surface area (Å²) < 4.78 is 17.4. The molecule has 0 heterocycles. The maximum Gasteiger partial charge on any atom is 0.320 e. The largest absolute Gasteiger partial charge is 0.468 e. The van der Waals surface area contributed by atoms with Crippen molar-refractivity contribution >= 4 is 40.2 Å². The number of ether oxygens (including phenoxy) is 1. The molecule has 0 spiro atoms. The summed E-state index contributed by atoms with van der Waals surface area (Å²) in [5.74, 6) is -2.28. The molecule has 9 heteroatoms. The van der Waals surface area contributed by atoms with Gasteiger partial charge in [-0.05, 0) is 6.07 Å². The molecule has 0 saturated heterocycles. The highest BCUT2D eigenvalue weighted by Gasteiger charge is 2.19. The average molecular weight is 396 g/mol. The number of nitro benzene ring substituents is 1. The smallest absolute Gasteiger partial charge is 0.320 e. The number of nitrogens with zero attached hydrogens (tertiary/aromatic N) is 1. The van der Waals surface area contributed by atoms with E-state index in [1.54, 1.807) is 22.6 Å². The van der Waals surface area contributed by atoms with Gasteiger partial charge < -0.3 is 10.1 Å². The number of methoxy groups -OCH3 is 1. The van der Waals surface area contributed by atoms with Gasteiger partial charge in [-0.3, -0.25) is 19.7 Å². The first-order chi connectivity index (χ1) is 9.36. The van der Waals surface area contributed by atoms with Gasteiger partial charge in [-0.25, -0.2) is 4.39 Å². The van der Waals surface area contributed by atoms with E-state index < -0.39 is 32.2 Å². The van der Waals surface area contributed by atoms with Crippen LogP contribution < -0.4 is 5.32 Å². The molecule has 0 bridgehead atoms. The highest BCUT2D eigenvalue weighted by Crippen LogP contribution is 2.16. The van der Waals surface area contributed by atoms with Gasteiger partial charge in [0.05, 0.1) is 23.7 Å². The monoisotopic (exact) mass is 396 g/mol. The predicted molar refractivity (Wildman–Crippen MR) is 75.2 cm³/mol. The Balaban J connectivity index is 2.73. The zero-order chi connectivity index (χ0) is 15.3. The van der Waals surface area contributed by atoms with Crippen molar-refractivity contribution in [2.24, 2.45) is 0 Å². The zero-order valence-electron chi connectivity index (χ0n) is 10.3. The van der Waals surface area contributed by atoms with Crippen LogP contribution in [-0.2, 0) is 9.53 Å². The highest BCUT2D eigenvalue weighted by molar-refractivity contribution is 14.1. The fraction of sp³-hybridized carbons (Fsp3) is 0.273. The lowest BCUT2D eigenvalue weighted by molar-refractivity contribution is -0.385. The number of rotatable bonds is 5.